The van der Waals surface area contributed by atoms with Crippen molar-refractivity contribution in [1.29, 1.82) is 0 Å². The molecule has 0 radical (unpaired) electrons. The Hall–Kier alpha value is -0.640. The summed E-state index contributed by atoms with van der Waals surface area (Å²) >= 11 is 5.82. The minimum atomic E-state index is -0.330. The van der Waals surface area contributed by atoms with Crippen LogP contribution in [0.3, 0.4) is 0 Å². The van der Waals surface area contributed by atoms with E-state index in [0.29, 0.717) is 18.2 Å². The van der Waals surface area contributed by atoms with Crippen LogP contribution in [0, 0.1) is 5.82 Å². The quantitative estimate of drug-likeness (QED) is 0.878. The van der Waals surface area contributed by atoms with Gasteiger partial charge in [-0.2, -0.15) is 0 Å². The molecule has 17 heavy (non-hydrogen) atoms. The van der Waals surface area contributed by atoms with Crippen molar-refractivity contribution in [3.8, 4) is 0 Å². The average molecular weight is 257 g/mol. The molecule has 94 valence electrons. The number of nitrogens with two attached hydrogens (primary N) is 1. The first-order valence-electron chi connectivity index (χ1n) is 6.08. The lowest BCUT2D eigenvalue weighted by Crippen LogP contribution is -2.35. The Kier molecular flexibility index (Phi) is 4.02. The molecule has 0 saturated heterocycles. The summed E-state index contributed by atoms with van der Waals surface area (Å²) in [6.07, 6.45) is 2.37. The van der Waals surface area contributed by atoms with Gasteiger partial charge in [0.15, 0.2) is 0 Å². The number of nitrogens with zero attached hydrogens (tertiary/aromatic N) is 1. The van der Waals surface area contributed by atoms with Crippen LogP contribution < -0.4 is 5.73 Å². The minimum Gasteiger partial charge on any atom is -0.329 e. The molecule has 2 N–H and O–H groups in total. The number of likely N-dealkylation sites (N-methyl/N-ethyl adjacent to an activating group) is 1. The van der Waals surface area contributed by atoms with E-state index in [1.807, 2.05) is 0 Å². The van der Waals surface area contributed by atoms with Crippen molar-refractivity contribution in [3.63, 3.8) is 0 Å². The molecule has 1 aliphatic rings. The Morgan fingerprint density at radius 1 is 1.53 bits per heavy atom. The maximum atomic E-state index is 14.0. The molecule has 0 amide bonds. The highest BCUT2D eigenvalue weighted by Crippen LogP contribution is 2.35. The van der Waals surface area contributed by atoms with E-state index < -0.39 is 0 Å². The molecule has 0 spiro atoms. The molecule has 1 aromatic carbocycles. The summed E-state index contributed by atoms with van der Waals surface area (Å²) in [5.41, 5.74) is 6.43. The lowest BCUT2D eigenvalue weighted by Gasteiger charge is -2.30. The zero-order chi connectivity index (χ0) is 12.4. The van der Waals surface area contributed by atoms with Gasteiger partial charge >= 0.3 is 0 Å². The highest BCUT2D eigenvalue weighted by Gasteiger charge is 2.34. The van der Waals surface area contributed by atoms with E-state index in [2.05, 4.69) is 11.8 Å². The van der Waals surface area contributed by atoms with Gasteiger partial charge in [0, 0.05) is 18.2 Å². The normalized spacial score (nSPS) is 17.5. The molecular formula is C13H18ClFN2. The summed E-state index contributed by atoms with van der Waals surface area (Å²) in [6.45, 7) is 3.39. The summed E-state index contributed by atoms with van der Waals surface area (Å²) in [5.74, 6) is -0.330. The summed E-state index contributed by atoms with van der Waals surface area (Å²) < 4.78 is 14.0. The van der Waals surface area contributed by atoms with Crippen LogP contribution >= 0.6 is 11.6 Å². The third-order valence-electron chi connectivity index (χ3n) is 3.35. The molecule has 2 nitrogen and oxygen atoms in total. The number of halogens is 2. The zero-order valence-electron chi connectivity index (χ0n) is 10.00. The van der Waals surface area contributed by atoms with Crippen LogP contribution in [0.25, 0.3) is 0 Å². The molecule has 1 unspecified atom stereocenters. The molecule has 1 aliphatic carbocycles. The van der Waals surface area contributed by atoms with Crippen LogP contribution in [0.15, 0.2) is 18.2 Å². The zero-order valence-corrected chi connectivity index (χ0v) is 10.8. The van der Waals surface area contributed by atoms with E-state index in [9.17, 15) is 4.39 Å². The molecule has 2 rings (SSSR count). The first-order chi connectivity index (χ1) is 8.19. The van der Waals surface area contributed by atoms with Crippen LogP contribution in [-0.4, -0.2) is 24.0 Å². The van der Waals surface area contributed by atoms with Gasteiger partial charge in [0.25, 0.3) is 0 Å². The second-order valence-electron chi connectivity index (χ2n) is 4.46. The molecule has 4 heteroatoms. The van der Waals surface area contributed by atoms with Crippen LogP contribution in [0.1, 0.15) is 31.4 Å². The standard InChI is InChI=1S/C13H18ClFN2/c1-2-17(9-6-7-9)12(8-16)10-4-3-5-11(14)13(10)15/h3-5,9,12H,2,6-8,16H2,1H3. The maximum absolute atomic E-state index is 14.0. The van der Waals surface area contributed by atoms with Gasteiger partial charge in [0.2, 0.25) is 0 Å². The van der Waals surface area contributed by atoms with Crippen LogP contribution in [0.2, 0.25) is 5.02 Å². The molecular weight excluding hydrogens is 239 g/mol. The number of rotatable bonds is 5. The van der Waals surface area contributed by atoms with E-state index >= 15 is 0 Å². The van der Waals surface area contributed by atoms with Crippen molar-refractivity contribution >= 4 is 11.6 Å². The second-order valence-corrected chi connectivity index (χ2v) is 4.86. The Bertz CT molecular complexity index is 393. The van der Waals surface area contributed by atoms with Crippen molar-refractivity contribution in [3.05, 3.63) is 34.6 Å². The van der Waals surface area contributed by atoms with Gasteiger partial charge in [-0.15, -0.1) is 0 Å². The number of benzene rings is 1. The average Bonchev–Trinajstić information content (AvgIpc) is 3.14. The van der Waals surface area contributed by atoms with Gasteiger partial charge in [-0.3, -0.25) is 4.90 Å². The van der Waals surface area contributed by atoms with Gasteiger partial charge in [0.05, 0.1) is 11.1 Å². The molecule has 1 fully saturated rings. The maximum Gasteiger partial charge on any atom is 0.146 e. The van der Waals surface area contributed by atoms with Crippen LogP contribution in [0.4, 0.5) is 4.39 Å². The monoisotopic (exact) mass is 256 g/mol. The first-order valence-corrected chi connectivity index (χ1v) is 6.46. The smallest absolute Gasteiger partial charge is 0.146 e. The molecule has 0 heterocycles. The highest BCUT2D eigenvalue weighted by molar-refractivity contribution is 6.30. The van der Waals surface area contributed by atoms with Crippen LogP contribution in [0.5, 0.6) is 0 Å². The fraction of sp³-hybridized carbons (Fsp3) is 0.538. The molecule has 0 aliphatic heterocycles. The summed E-state index contributed by atoms with van der Waals surface area (Å²) in [6, 6.07) is 5.63. The topological polar surface area (TPSA) is 29.3 Å². The summed E-state index contributed by atoms with van der Waals surface area (Å²) in [5, 5.41) is 0.174. The number of hydrogen-bond acceptors (Lipinski definition) is 2. The minimum absolute atomic E-state index is 0.0637. The second kappa shape index (κ2) is 5.34. The highest BCUT2D eigenvalue weighted by atomic mass is 35.5. The van der Waals surface area contributed by atoms with Crippen LogP contribution in [-0.2, 0) is 0 Å². The van der Waals surface area contributed by atoms with Gasteiger partial charge in [-0.05, 0) is 25.5 Å². The molecule has 0 aromatic heterocycles. The Morgan fingerprint density at radius 3 is 2.76 bits per heavy atom. The molecule has 1 aromatic rings. The Labute approximate surface area is 107 Å². The van der Waals surface area contributed by atoms with Crippen molar-refractivity contribution < 1.29 is 4.39 Å². The van der Waals surface area contributed by atoms with Gasteiger partial charge in [-0.1, -0.05) is 30.7 Å². The largest absolute Gasteiger partial charge is 0.329 e. The predicted molar refractivity (Wildman–Crippen MR) is 68.6 cm³/mol. The Morgan fingerprint density at radius 2 is 2.24 bits per heavy atom. The SMILES string of the molecule is CCN(C1CC1)C(CN)c1cccc(Cl)c1F. The lowest BCUT2D eigenvalue weighted by molar-refractivity contribution is 0.198. The van der Waals surface area contributed by atoms with E-state index in [4.69, 9.17) is 17.3 Å². The fourth-order valence-corrected chi connectivity index (χ4v) is 2.54. The summed E-state index contributed by atoms with van der Waals surface area (Å²) in [7, 11) is 0. The van der Waals surface area contributed by atoms with Gasteiger partial charge < -0.3 is 5.73 Å². The molecule has 1 atom stereocenters. The van der Waals surface area contributed by atoms with Gasteiger partial charge in [-0.25, -0.2) is 4.39 Å². The molecule has 1 saturated carbocycles. The van der Waals surface area contributed by atoms with Crippen molar-refractivity contribution in [2.45, 2.75) is 31.8 Å². The van der Waals surface area contributed by atoms with E-state index in [0.717, 1.165) is 6.54 Å². The first kappa shape index (κ1) is 12.8. The third kappa shape index (κ3) is 2.62. The van der Waals surface area contributed by atoms with Crippen molar-refractivity contribution in [2.24, 2.45) is 5.73 Å². The summed E-state index contributed by atoms with van der Waals surface area (Å²) in [4.78, 5) is 2.27. The van der Waals surface area contributed by atoms with Gasteiger partial charge in [0.1, 0.15) is 5.82 Å². The fourth-order valence-electron chi connectivity index (χ4n) is 2.36. The Balaban J connectivity index is 2.30. The molecule has 0 bridgehead atoms. The lowest BCUT2D eigenvalue weighted by atomic mass is 10.0. The third-order valence-corrected chi connectivity index (χ3v) is 3.64. The van der Waals surface area contributed by atoms with E-state index in [1.54, 1.807) is 18.2 Å². The predicted octanol–water partition coefficient (Wildman–Crippen LogP) is 2.96. The van der Waals surface area contributed by atoms with Crippen molar-refractivity contribution in [2.75, 3.05) is 13.1 Å². The van der Waals surface area contributed by atoms with E-state index in [-0.39, 0.29) is 16.9 Å². The van der Waals surface area contributed by atoms with E-state index in [1.165, 1.54) is 12.8 Å². The number of hydrogen-bond donors (Lipinski definition) is 1. The van der Waals surface area contributed by atoms with Crippen molar-refractivity contribution in [1.82, 2.24) is 4.90 Å².